The van der Waals surface area contributed by atoms with Gasteiger partial charge in [0.2, 0.25) is 0 Å². The largest absolute Gasteiger partial charge is 0.482 e. The molecule has 2 N–H and O–H groups in total. The Hall–Kier alpha value is -2.06. The quantitative estimate of drug-likeness (QED) is 0.886. The topological polar surface area (TPSA) is 79.3 Å². The molecule has 0 aliphatic carbocycles. The monoisotopic (exact) mass is 259 g/mol. The van der Waals surface area contributed by atoms with Crippen molar-refractivity contribution in [2.75, 3.05) is 18.1 Å². The predicted octanol–water partition coefficient (Wildman–Crippen LogP) is 1.42. The maximum Gasteiger partial charge on any atom is 0.265 e. The van der Waals surface area contributed by atoms with Crippen LogP contribution in [0.15, 0.2) is 18.2 Å². The molecule has 2 rings (SSSR count). The summed E-state index contributed by atoms with van der Waals surface area (Å²) in [4.78, 5) is 13.6. The fourth-order valence-corrected chi connectivity index (χ4v) is 2.06. The predicted molar refractivity (Wildman–Crippen MR) is 71.6 cm³/mol. The number of hydrogen-bond acceptors (Lipinski definition) is 4. The lowest BCUT2D eigenvalue weighted by atomic mass is 10.1. The third kappa shape index (κ3) is 2.69. The van der Waals surface area contributed by atoms with Crippen molar-refractivity contribution in [1.29, 1.82) is 5.26 Å². The average molecular weight is 259 g/mol. The van der Waals surface area contributed by atoms with Gasteiger partial charge in [0.05, 0.1) is 17.7 Å². The highest BCUT2D eigenvalue weighted by atomic mass is 16.5. The van der Waals surface area contributed by atoms with Crippen molar-refractivity contribution in [3.8, 4) is 11.8 Å². The van der Waals surface area contributed by atoms with Gasteiger partial charge in [0, 0.05) is 13.1 Å². The fraction of sp³-hybridized carbons (Fsp3) is 0.429. The second-order valence-electron chi connectivity index (χ2n) is 4.53. The molecule has 1 aromatic rings. The van der Waals surface area contributed by atoms with Crippen LogP contribution in [0.1, 0.15) is 18.9 Å². The Morgan fingerprint density at radius 3 is 3.00 bits per heavy atom. The second-order valence-corrected chi connectivity index (χ2v) is 4.53. The Balaban J connectivity index is 2.34. The van der Waals surface area contributed by atoms with Gasteiger partial charge in [0.1, 0.15) is 5.75 Å². The minimum absolute atomic E-state index is 0.0246. The smallest absolute Gasteiger partial charge is 0.265 e. The van der Waals surface area contributed by atoms with Crippen LogP contribution in [0.3, 0.4) is 0 Å². The first-order chi connectivity index (χ1) is 9.19. The summed E-state index contributed by atoms with van der Waals surface area (Å²) in [6.07, 6.45) is 0.715. The van der Waals surface area contributed by atoms with Crippen LogP contribution < -0.4 is 15.4 Å². The number of amides is 1. The van der Waals surface area contributed by atoms with Crippen LogP contribution in [0.2, 0.25) is 0 Å². The number of fused-ring (bicyclic) bond motifs is 1. The van der Waals surface area contributed by atoms with E-state index < -0.39 is 0 Å². The van der Waals surface area contributed by atoms with Crippen LogP contribution in [-0.4, -0.2) is 19.1 Å². The van der Waals surface area contributed by atoms with E-state index in [1.165, 1.54) is 0 Å². The molecule has 1 amide bonds. The van der Waals surface area contributed by atoms with Gasteiger partial charge in [-0.05, 0) is 24.1 Å². The van der Waals surface area contributed by atoms with Crippen LogP contribution in [-0.2, 0) is 11.3 Å². The van der Waals surface area contributed by atoms with E-state index in [9.17, 15) is 4.79 Å². The molecular weight excluding hydrogens is 242 g/mol. The first-order valence-corrected chi connectivity index (χ1v) is 6.35. The fourth-order valence-electron chi connectivity index (χ4n) is 2.06. The van der Waals surface area contributed by atoms with Crippen LogP contribution >= 0.6 is 0 Å². The van der Waals surface area contributed by atoms with Crippen molar-refractivity contribution >= 4 is 11.6 Å². The molecular formula is C14H17N3O2. The Kier molecular flexibility index (Phi) is 4.03. The van der Waals surface area contributed by atoms with Gasteiger partial charge in [-0.3, -0.25) is 4.79 Å². The molecule has 1 unspecified atom stereocenters. The van der Waals surface area contributed by atoms with Crippen LogP contribution in [0.5, 0.6) is 5.75 Å². The lowest BCUT2D eigenvalue weighted by Crippen LogP contribution is -2.41. The standard InChI is InChI=1S/C14H17N3O2/c1-2-10(6-15)8-17-12-5-11(7-16)3-4-13(12)19-9-14(17)18/h3-5,10H,2,7-9,16H2,1H3. The Labute approximate surface area is 112 Å². The number of rotatable bonds is 4. The zero-order valence-electron chi connectivity index (χ0n) is 10.9. The molecule has 1 heterocycles. The van der Waals surface area contributed by atoms with E-state index in [1.807, 2.05) is 25.1 Å². The van der Waals surface area contributed by atoms with Gasteiger partial charge in [-0.25, -0.2) is 0 Å². The van der Waals surface area contributed by atoms with Gasteiger partial charge in [-0.15, -0.1) is 0 Å². The van der Waals surface area contributed by atoms with Crippen LogP contribution in [0.4, 0.5) is 5.69 Å². The highest BCUT2D eigenvalue weighted by Gasteiger charge is 2.27. The van der Waals surface area contributed by atoms with Gasteiger partial charge in [0.25, 0.3) is 5.91 Å². The normalized spacial score (nSPS) is 15.4. The minimum atomic E-state index is -0.170. The maximum absolute atomic E-state index is 12.0. The zero-order valence-corrected chi connectivity index (χ0v) is 10.9. The average Bonchev–Trinajstić information content (AvgIpc) is 2.46. The SMILES string of the molecule is CCC(C#N)CN1C(=O)COc2ccc(CN)cc21. The Morgan fingerprint density at radius 2 is 2.37 bits per heavy atom. The molecule has 0 saturated heterocycles. The minimum Gasteiger partial charge on any atom is -0.482 e. The molecule has 100 valence electrons. The molecule has 5 heteroatoms. The molecule has 0 radical (unpaired) electrons. The van der Waals surface area contributed by atoms with E-state index in [4.69, 9.17) is 15.7 Å². The molecule has 0 saturated carbocycles. The molecule has 1 atom stereocenters. The zero-order chi connectivity index (χ0) is 13.8. The van der Waals surface area contributed by atoms with Gasteiger partial charge in [-0.2, -0.15) is 5.26 Å². The number of carbonyl (C=O) groups excluding carboxylic acids is 1. The molecule has 19 heavy (non-hydrogen) atoms. The molecule has 5 nitrogen and oxygen atoms in total. The summed E-state index contributed by atoms with van der Waals surface area (Å²) in [6, 6.07) is 7.78. The summed E-state index contributed by atoms with van der Waals surface area (Å²) in [5.74, 6) is 0.386. The number of hydrogen-bond donors (Lipinski definition) is 1. The van der Waals surface area contributed by atoms with Crippen molar-refractivity contribution < 1.29 is 9.53 Å². The number of nitrogens with zero attached hydrogens (tertiary/aromatic N) is 2. The van der Waals surface area contributed by atoms with Gasteiger partial charge < -0.3 is 15.4 Å². The second kappa shape index (κ2) is 5.72. The Morgan fingerprint density at radius 1 is 1.58 bits per heavy atom. The van der Waals surface area contributed by atoms with Gasteiger partial charge in [0.15, 0.2) is 6.61 Å². The van der Waals surface area contributed by atoms with Crippen LogP contribution in [0.25, 0.3) is 0 Å². The summed E-state index contributed by atoms with van der Waals surface area (Å²) in [5, 5.41) is 9.05. The van der Waals surface area contributed by atoms with Gasteiger partial charge >= 0.3 is 0 Å². The lowest BCUT2D eigenvalue weighted by molar-refractivity contribution is -0.121. The van der Waals surface area contributed by atoms with Crippen molar-refractivity contribution in [2.24, 2.45) is 11.7 Å². The number of anilines is 1. The van der Waals surface area contributed by atoms with E-state index in [0.29, 0.717) is 30.9 Å². The third-order valence-electron chi connectivity index (χ3n) is 3.28. The van der Waals surface area contributed by atoms with Crippen molar-refractivity contribution in [3.63, 3.8) is 0 Å². The van der Waals surface area contributed by atoms with E-state index in [-0.39, 0.29) is 18.4 Å². The summed E-state index contributed by atoms with van der Waals surface area (Å²) in [6.45, 7) is 2.77. The first-order valence-electron chi connectivity index (χ1n) is 6.35. The Bertz CT molecular complexity index is 522. The van der Waals surface area contributed by atoms with E-state index in [0.717, 1.165) is 5.56 Å². The summed E-state index contributed by atoms with van der Waals surface area (Å²) < 4.78 is 5.40. The van der Waals surface area contributed by atoms with Crippen molar-refractivity contribution in [1.82, 2.24) is 0 Å². The number of carbonyl (C=O) groups is 1. The number of nitriles is 1. The highest BCUT2D eigenvalue weighted by molar-refractivity contribution is 5.98. The molecule has 0 aromatic heterocycles. The van der Waals surface area contributed by atoms with Crippen LogP contribution in [0, 0.1) is 17.2 Å². The summed E-state index contributed by atoms with van der Waals surface area (Å²) in [5.41, 5.74) is 7.27. The number of nitrogens with two attached hydrogens (primary N) is 1. The summed E-state index contributed by atoms with van der Waals surface area (Å²) in [7, 11) is 0. The molecule has 1 aliphatic rings. The summed E-state index contributed by atoms with van der Waals surface area (Å²) >= 11 is 0. The molecule has 1 aromatic carbocycles. The molecule has 1 aliphatic heterocycles. The van der Waals surface area contributed by atoms with Gasteiger partial charge in [-0.1, -0.05) is 13.0 Å². The van der Waals surface area contributed by atoms with E-state index in [2.05, 4.69) is 6.07 Å². The molecule has 0 fully saturated rings. The lowest BCUT2D eigenvalue weighted by Gasteiger charge is -2.30. The molecule has 0 bridgehead atoms. The first kappa shape index (κ1) is 13.4. The van der Waals surface area contributed by atoms with Crippen molar-refractivity contribution in [2.45, 2.75) is 19.9 Å². The number of ether oxygens (including phenoxy) is 1. The number of benzene rings is 1. The molecule has 0 spiro atoms. The third-order valence-corrected chi connectivity index (χ3v) is 3.28. The van der Waals surface area contributed by atoms with E-state index >= 15 is 0 Å². The maximum atomic E-state index is 12.0. The van der Waals surface area contributed by atoms with Crippen molar-refractivity contribution in [3.05, 3.63) is 23.8 Å². The highest BCUT2D eigenvalue weighted by Crippen LogP contribution is 2.33. The van der Waals surface area contributed by atoms with E-state index in [1.54, 1.807) is 4.90 Å².